The van der Waals surface area contributed by atoms with Crippen LogP contribution in [0.3, 0.4) is 0 Å². The van der Waals surface area contributed by atoms with Crippen molar-refractivity contribution in [2.24, 2.45) is 11.0 Å². The maximum atomic E-state index is 4.47. The molecule has 3 nitrogen and oxygen atoms in total. The summed E-state index contributed by atoms with van der Waals surface area (Å²) in [6.07, 6.45) is 1.11. The molecule has 0 aliphatic carbocycles. The van der Waals surface area contributed by atoms with Crippen LogP contribution in [0.1, 0.15) is 27.2 Å². The second-order valence-corrected chi connectivity index (χ2v) is 5.19. The molecule has 4 heteroatoms. The highest BCUT2D eigenvalue weighted by atomic mass is 32.1. The van der Waals surface area contributed by atoms with Crippen LogP contribution >= 0.6 is 11.3 Å². The van der Waals surface area contributed by atoms with Crippen molar-refractivity contribution in [2.45, 2.75) is 27.2 Å². The minimum Gasteiger partial charge on any atom is -0.253 e. The molecule has 1 aromatic carbocycles. The van der Waals surface area contributed by atoms with Gasteiger partial charge < -0.3 is 0 Å². The van der Waals surface area contributed by atoms with E-state index in [-0.39, 0.29) is 0 Å². The van der Waals surface area contributed by atoms with Crippen LogP contribution in [0.4, 0.5) is 5.13 Å². The number of para-hydroxylation sites is 1. The molecule has 1 atom stereocenters. The first-order chi connectivity index (χ1) is 8.20. The van der Waals surface area contributed by atoms with Crippen LogP contribution in [0.5, 0.6) is 0 Å². The van der Waals surface area contributed by atoms with Crippen LogP contribution in [0.2, 0.25) is 0 Å². The highest BCUT2D eigenvalue weighted by molar-refractivity contribution is 7.22. The maximum Gasteiger partial charge on any atom is 0.204 e. The molecule has 0 saturated carbocycles. The Morgan fingerprint density at radius 2 is 2.24 bits per heavy atom. The molecule has 17 heavy (non-hydrogen) atoms. The Bertz CT molecular complexity index is 497. The van der Waals surface area contributed by atoms with E-state index in [9.17, 15) is 0 Å². The Morgan fingerprint density at radius 1 is 1.47 bits per heavy atom. The molecule has 0 saturated heterocycles. The van der Waals surface area contributed by atoms with Gasteiger partial charge in [-0.3, -0.25) is 5.43 Å². The fraction of sp³-hybridized carbons (Fsp3) is 0.385. The van der Waals surface area contributed by atoms with Crippen molar-refractivity contribution < 1.29 is 0 Å². The van der Waals surface area contributed by atoms with Crippen LogP contribution in [0, 0.1) is 5.92 Å². The van der Waals surface area contributed by atoms with Crippen molar-refractivity contribution in [3.8, 4) is 0 Å². The molecule has 1 aromatic heterocycles. The summed E-state index contributed by atoms with van der Waals surface area (Å²) in [5, 5.41) is 5.23. The third-order valence-electron chi connectivity index (χ3n) is 2.95. The standard InChI is InChI=1S/C13H17N3S/c1-4-9(2)10(3)15-16-13-14-11-7-5-6-8-12(11)17-13/h5-9H,4H2,1-3H3,(H,14,16)/b15-10-/t9-/m1/s1. The number of rotatable bonds is 4. The van der Waals surface area contributed by atoms with Gasteiger partial charge >= 0.3 is 0 Å². The Morgan fingerprint density at radius 3 is 2.94 bits per heavy atom. The van der Waals surface area contributed by atoms with E-state index in [0.29, 0.717) is 5.92 Å². The van der Waals surface area contributed by atoms with E-state index in [4.69, 9.17) is 0 Å². The Kier molecular flexibility index (Phi) is 3.74. The summed E-state index contributed by atoms with van der Waals surface area (Å²) in [5.41, 5.74) is 5.19. The zero-order valence-corrected chi connectivity index (χ0v) is 11.2. The Labute approximate surface area is 106 Å². The summed E-state index contributed by atoms with van der Waals surface area (Å²) >= 11 is 1.63. The van der Waals surface area contributed by atoms with E-state index in [2.05, 4.69) is 42.3 Å². The predicted molar refractivity (Wildman–Crippen MR) is 75.8 cm³/mol. The van der Waals surface area contributed by atoms with Gasteiger partial charge in [0.25, 0.3) is 0 Å². The Hall–Kier alpha value is -1.42. The van der Waals surface area contributed by atoms with E-state index >= 15 is 0 Å². The molecule has 0 aliphatic heterocycles. The molecule has 0 aliphatic rings. The molecular formula is C13H17N3S. The first kappa shape index (κ1) is 12.0. The van der Waals surface area contributed by atoms with Gasteiger partial charge in [0, 0.05) is 5.71 Å². The van der Waals surface area contributed by atoms with Gasteiger partial charge in [-0.25, -0.2) is 4.98 Å². The molecule has 0 amide bonds. The smallest absolute Gasteiger partial charge is 0.204 e. The van der Waals surface area contributed by atoms with Gasteiger partial charge in [0.05, 0.1) is 10.2 Å². The maximum absolute atomic E-state index is 4.47. The highest BCUT2D eigenvalue weighted by Gasteiger charge is 2.04. The lowest BCUT2D eigenvalue weighted by atomic mass is 10.1. The van der Waals surface area contributed by atoms with E-state index in [0.717, 1.165) is 22.8 Å². The quantitative estimate of drug-likeness (QED) is 0.651. The van der Waals surface area contributed by atoms with E-state index < -0.39 is 0 Å². The van der Waals surface area contributed by atoms with Crippen LogP contribution in [0.25, 0.3) is 10.2 Å². The van der Waals surface area contributed by atoms with Gasteiger partial charge in [0.2, 0.25) is 5.13 Å². The first-order valence-corrected chi connectivity index (χ1v) is 6.68. The van der Waals surface area contributed by atoms with Gasteiger partial charge in [-0.1, -0.05) is 37.3 Å². The molecule has 90 valence electrons. The number of fused-ring (bicyclic) bond motifs is 1. The second-order valence-electron chi connectivity index (χ2n) is 4.16. The highest BCUT2D eigenvalue weighted by Crippen LogP contribution is 2.25. The number of hydrogen-bond donors (Lipinski definition) is 1. The summed E-state index contributed by atoms with van der Waals surface area (Å²) in [7, 11) is 0. The predicted octanol–water partition coefficient (Wildman–Crippen LogP) is 4.13. The fourth-order valence-electron chi connectivity index (χ4n) is 1.46. The molecule has 2 aromatic rings. The van der Waals surface area contributed by atoms with Crippen molar-refractivity contribution in [2.75, 3.05) is 5.43 Å². The monoisotopic (exact) mass is 247 g/mol. The molecule has 0 spiro atoms. The SMILES string of the molecule is CC[C@@H](C)/C(C)=N\Nc1nc2ccccc2s1. The topological polar surface area (TPSA) is 37.3 Å². The lowest BCUT2D eigenvalue weighted by Crippen LogP contribution is -2.07. The van der Waals surface area contributed by atoms with E-state index in [1.165, 1.54) is 4.70 Å². The largest absolute Gasteiger partial charge is 0.253 e. The number of hydrogen-bond acceptors (Lipinski definition) is 4. The number of nitrogens with one attached hydrogen (secondary N) is 1. The van der Waals surface area contributed by atoms with Crippen molar-refractivity contribution >= 4 is 32.4 Å². The molecule has 0 radical (unpaired) electrons. The van der Waals surface area contributed by atoms with Gasteiger partial charge in [-0.05, 0) is 31.4 Å². The number of aromatic nitrogens is 1. The summed E-state index contributed by atoms with van der Waals surface area (Å²) in [4.78, 5) is 4.47. The number of anilines is 1. The third kappa shape index (κ3) is 2.82. The number of benzene rings is 1. The number of thiazole rings is 1. The molecule has 1 heterocycles. The van der Waals surface area contributed by atoms with Crippen LogP contribution in [-0.2, 0) is 0 Å². The average Bonchev–Trinajstić information content (AvgIpc) is 2.77. The summed E-state index contributed by atoms with van der Waals surface area (Å²) in [5.74, 6) is 0.511. The van der Waals surface area contributed by atoms with E-state index in [1.54, 1.807) is 11.3 Å². The van der Waals surface area contributed by atoms with Crippen molar-refractivity contribution in [3.05, 3.63) is 24.3 Å². The molecular weight excluding hydrogens is 230 g/mol. The van der Waals surface area contributed by atoms with Gasteiger partial charge in [0.1, 0.15) is 0 Å². The lowest BCUT2D eigenvalue weighted by molar-refractivity contribution is 0.734. The Balaban J connectivity index is 2.14. The van der Waals surface area contributed by atoms with Crippen LogP contribution in [0.15, 0.2) is 29.4 Å². The fourth-order valence-corrected chi connectivity index (χ4v) is 2.27. The number of nitrogens with zero attached hydrogens (tertiary/aromatic N) is 2. The molecule has 1 N–H and O–H groups in total. The van der Waals surface area contributed by atoms with E-state index in [1.807, 2.05) is 18.2 Å². The normalized spacial score (nSPS) is 13.9. The zero-order valence-electron chi connectivity index (χ0n) is 10.4. The van der Waals surface area contributed by atoms with Gasteiger partial charge in [-0.15, -0.1) is 0 Å². The first-order valence-electron chi connectivity index (χ1n) is 5.86. The molecule has 2 rings (SSSR count). The van der Waals surface area contributed by atoms with Crippen LogP contribution in [-0.4, -0.2) is 10.7 Å². The van der Waals surface area contributed by atoms with Crippen LogP contribution < -0.4 is 5.43 Å². The third-order valence-corrected chi connectivity index (χ3v) is 3.89. The summed E-state index contributed by atoms with van der Waals surface area (Å²) in [6.45, 7) is 6.40. The molecule has 0 fully saturated rings. The average molecular weight is 247 g/mol. The van der Waals surface area contributed by atoms with Gasteiger partial charge in [-0.2, -0.15) is 5.10 Å². The van der Waals surface area contributed by atoms with Gasteiger partial charge in [0.15, 0.2) is 0 Å². The zero-order chi connectivity index (χ0) is 12.3. The summed E-state index contributed by atoms with van der Waals surface area (Å²) in [6, 6.07) is 8.11. The minimum atomic E-state index is 0.511. The molecule has 0 bridgehead atoms. The number of hydrazone groups is 1. The lowest BCUT2D eigenvalue weighted by Gasteiger charge is -2.06. The minimum absolute atomic E-state index is 0.511. The van der Waals surface area contributed by atoms with Crippen molar-refractivity contribution in [1.29, 1.82) is 0 Å². The van der Waals surface area contributed by atoms with Crippen molar-refractivity contribution in [3.63, 3.8) is 0 Å². The summed E-state index contributed by atoms with van der Waals surface area (Å²) < 4.78 is 1.19. The second kappa shape index (κ2) is 5.27. The van der Waals surface area contributed by atoms with Crippen molar-refractivity contribution in [1.82, 2.24) is 4.98 Å². The molecule has 0 unspecified atom stereocenters.